The largest absolute Gasteiger partial charge is 0.508 e. The highest BCUT2D eigenvalue weighted by molar-refractivity contribution is 5.98. The maximum atomic E-state index is 14.6. The molecule has 16 nitrogen and oxygen atoms in total. The third-order valence-electron chi connectivity index (χ3n) is 10.0. The van der Waals surface area contributed by atoms with Crippen LogP contribution in [0.2, 0.25) is 0 Å². The minimum Gasteiger partial charge on any atom is -0.508 e. The van der Waals surface area contributed by atoms with E-state index in [0.29, 0.717) is 11.1 Å². The molecule has 6 N–H and O–H groups in total. The van der Waals surface area contributed by atoms with E-state index in [1.54, 1.807) is 12.1 Å². The second kappa shape index (κ2) is 16.5. The molecule has 55 heavy (non-hydrogen) atoms. The number of benzene rings is 3. The van der Waals surface area contributed by atoms with Crippen LogP contribution < -0.4 is 20.7 Å². The Balaban J connectivity index is 1.60. The van der Waals surface area contributed by atoms with Gasteiger partial charge < -0.3 is 50.7 Å². The number of phenolic OH excluding ortho intramolecular Hbond substituents is 2. The second-order valence-electron chi connectivity index (χ2n) is 14.0. The first-order valence-electron chi connectivity index (χ1n) is 17.7. The molecule has 3 aromatic rings. The summed E-state index contributed by atoms with van der Waals surface area (Å²) >= 11 is 0. The molecule has 0 unspecified atom stereocenters. The van der Waals surface area contributed by atoms with Crippen molar-refractivity contribution in [2.75, 3.05) is 21.1 Å². The first kappa shape index (κ1) is 40.0. The van der Waals surface area contributed by atoms with Crippen LogP contribution >= 0.6 is 0 Å². The highest BCUT2D eigenvalue weighted by Crippen LogP contribution is 2.34. The molecule has 7 atom stereocenters. The van der Waals surface area contributed by atoms with Crippen LogP contribution in [0.25, 0.3) is 0 Å². The van der Waals surface area contributed by atoms with E-state index in [1.165, 1.54) is 96.5 Å². The smallest absolute Gasteiger partial charge is 0.248 e. The molecule has 0 radical (unpaired) electrons. The summed E-state index contributed by atoms with van der Waals surface area (Å²) in [7, 11) is 4.00. The fourth-order valence-electron chi connectivity index (χ4n) is 6.62. The lowest BCUT2D eigenvalue weighted by Crippen LogP contribution is -2.62. The van der Waals surface area contributed by atoms with Gasteiger partial charge in [-0.3, -0.25) is 28.8 Å². The lowest BCUT2D eigenvalue weighted by molar-refractivity contribution is -0.153. The van der Waals surface area contributed by atoms with Crippen molar-refractivity contribution < 1.29 is 48.8 Å². The molecule has 0 spiro atoms. The van der Waals surface area contributed by atoms with Gasteiger partial charge in [0.05, 0.1) is 0 Å². The number of amides is 6. The number of carbonyl (C=O) groups excluding carboxylic acids is 6. The minimum absolute atomic E-state index is 0.00705. The predicted molar refractivity (Wildman–Crippen MR) is 198 cm³/mol. The summed E-state index contributed by atoms with van der Waals surface area (Å²) < 4.78 is 5.91. The van der Waals surface area contributed by atoms with E-state index in [9.17, 15) is 44.1 Å². The first-order valence-corrected chi connectivity index (χ1v) is 17.7. The number of aromatic hydroxyl groups is 2. The monoisotopic (exact) mass is 758 g/mol. The van der Waals surface area contributed by atoms with Crippen molar-refractivity contribution in [3.05, 3.63) is 83.4 Å². The highest BCUT2D eigenvalue weighted by atomic mass is 16.5. The zero-order valence-electron chi connectivity index (χ0n) is 31.3. The zero-order chi connectivity index (χ0) is 40.3. The molecular weight excluding hydrogens is 712 g/mol. The molecule has 3 heterocycles. The molecule has 16 heteroatoms. The van der Waals surface area contributed by atoms with Crippen LogP contribution in [0.15, 0.2) is 66.7 Å². The number of aliphatic hydroxyl groups is 1. The molecule has 6 bridgehead atoms. The summed E-state index contributed by atoms with van der Waals surface area (Å²) in [5, 5.41) is 40.0. The van der Waals surface area contributed by atoms with Crippen molar-refractivity contribution in [1.82, 2.24) is 30.7 Å². The predicted octanol–water partition coefficient (Wildman–Crippen LogP) is 0.731. The Bertz CT molecular complexity index is 1950. The van der Waals surface area contributed by atoms with Crippen LogP contribution in [0.5, 0.6) is 23.0 Å². The van der Waals surface area contributed by atoms with Crippen LogP contribution in [0.1, 0.15) is 43.6 Å². The van der Waals surface area contributed by atoms with E-state index in [1.807, 2.05) is 0 Å². The molecule has 3 aliphatic heterocycles. The number of hydrogen-bond acceptors (Lipinski definition) is 10. The average molecular weight is 759 g/mol. The summed E-state index contributed by atoms with van der Waals surface area (Å²) in [6.45, 7) is 4.22. The number of carbonyl (C=O) groups is 6. The summed E-state index contributed by atoms with van der Waals surface area (Å²) in [4.78, 5) is 87.2. The molecule has 6 amide bonds. The van der Waals surface area contributed by atoms with Crippen LogP contribution in [-0.2, 0) is 41.6 Å². The van der Waals surface area contributed by atoms with Crippen LogP contribution in [0.4, 0.5) is 0 Å². The van der Waals surface area contributed by atoms with Crippen molar-refractivity contribution in [2.24, 2.45) is 0 Å². The summed E-state index contributed by atoms with van der Waals surface area (Å²) in [5.41, 5.74) is 1.25. The van der Waals surface area contributed by atoms with E-state index in [2.05, 4.69) is 16.0 Å². The third kappa shape index (κ3) is 8.81. The number of rotatable bonds is 2. The lowest BCUT2D eigenvalue weighted by Gasteiger charge is -2.38. The van der Waals surface area contributed by atoms with Crippen molar-refractivity contribution in [1.29, 1.82) is 0 Å². The molecular formula is C39H46N6O10. The normalized spacial score (nSPS) is 26.0. The number of nitrogens with zero attached hydrogens (tertiary/aromatic N) is 3. The van der Waals surface area contributed by atoms with Gasteiger partial charge in [0.15, 0.2) is 11.5 Å². The maximum absolute atomic E-state index is 14.6. The van der Waals surface area contributed by atoms with E-state index in [-0.39, 0.29) is 41.4 Å². The van der Waals surface area contributed by atoms with Gasteiger partial charge in [-0.2, -0.15) is 0 Å². The van der Waals surface area contributed by atoms with Gasteiger partial charge in [-0.1, -0.05) is 30.3 Å². The van der Waals surface area contributed by atoms with Crippen LogP contribution in [0, 0.1) is 0 Å². The molecule has 1 fully saturated rings. The SMILES string of the molecule is C[C@@H]1NC(=O)[C@H](Cc2ccc(O)cc2)N(C)C(=O)[C@H](C)NC(=O)[C@@H](C)NC(=O)[C@@H]2Cc3ccc(O)c(c3)Oc3ccc(cc3)[C@@H](O)[C@@H](C(=O)N2C)N(C)C1=O. The molecule has 1 saturated heterocycles. The third-order valence-corrected chi connectivity index (χ3v) is 10.0. The quantitative estimate of drug-likeness (QED) is 0.215. The first-order chi connectivity index (χ1) is 26.0. The molecule has 6 rings (SSSR count). The van der Waals surface area contributed by atoms with E-state index in [0.717, 1.165) is 14.7 Å². The van der Waals surface area contributed by atoms with Gasteiger partial charge in [0.1, 0.15) is 53.9 Å². The number of hydrogen-bond donors (Lipinski definition) is 6. The summed E-state index contributed by atoms with van der Waals surface area (Å²) in [6, 6.07) is 8.60. The number of phenols is 2. The zero-order valence-corrected chi connectivity index (χ0v) is 31.3. The number of nitrogens with one attached hydrogen (secondary N) is 3. The van der Waals surface area contributed by atoms with Gasteiger partial charge in [-0.05, 0) is 73.9 Å². The van der Waals surface area contributed by atoms with Crippen molar-refractivity contribution in [2.45, 2.75) is 76.0 Å². The molecule has 0 saturated carbocycles. The van der Waals surface area contributed by atoms with Gasteiger partial charge in [0.25, 0.3) is 0 Å². The molecule has 0 aromatic heterocycles. The second-order valence-corrected chi connectivity index (χ2v) is 14.0. The minimum atomic E-state index is -1.65. The Morgan fingerprint density at radius 1 is 0.673 bits per heavy atom. The molecule has 292 valence electrons. The molecule has 3 aliphatic rings. The number of aliphatic hydroxyl groups excluding tert-OH is 1. The van der Waals surface area contributed by atoms with E-state index < -0.39 is 77.8 Å². The fraction of sp³-hybridized carbons (Fsp3) is 0.385. The average Bonchev–Trinajstić information content (AvgIpc) is 3.15. The van der Waals surface area contributed by atoms with Gasteiger partial charge in [-0.15, -0.1) is 0 Å². The van der Waals surface area contributed by atoms with Crippen LogP contribution in [0.3, 0.4) is 0 Å². The number of likely N-dealkylation sites (N-methyl/N-ethyl adjacent to an activating group) is 3. The van der Waals surface area contributed by atoms with E-state index in [4.69, 9.17) is 4.74 Å². The van der Waals surface area contributed by atoms with Crippen molar-refractivity contribution >= 4 is 35.4 Å². The van der Waals surface area contributed by atoms with Crippen LogP contribution in [-0.4, -0.2) is 123 Å². The Kier molecular flexibility index (Phi) is 12.0. The summed E-state index contributed by atoms with van der Waals surface area (Å²) in [5.74, 6) is -4.30. The summed E-state index contributed by atoms with van der Waals surface area (Å²) in [6.07, 6.45) is -1.83. The lowest BCUT2D eigenvalue weighted by atomic mass is 9.96. The number of fused-ring (bicyclic) bond motifs is 2. The van der Waals surface area contributed by atoms with Gasteiger partial charge >= 0.3 is 0 Å². The van der Waals surface area contributed by atoms with Crippen molar-refractivity contribution in [3.8, 4) is 23.0 Å². The molecule has 0 aliphatic carbocycles. The van der Waals surface area contributed by atoms with Crippen molar-refractivity contribution in [3.63, 3.8) is 0 Å². The van der Waals surface area contributed by atoms with Gasteiger partial charge in [0.2, 0.25) is 35.4 Å². The fourth-order valence-corrected chi connectivity index (χ4v) is 6.62. The Labute approximate surface area is 318 Å². The topological polar surface area (TPSA) is 218 Å². The Hall–Kier alpha value is -6.16. The molecule has 3 aromatic carbocycles. The van der Waals surface area contributed by atoms with Gasteiger partial charge in [0, 0.05) is 34.0 Å². The Morgan fingerprint density at radius 3 is 1.89 bits per heavy atom. The van der Waals surface area contributed by atoms with Gasteiger partial charge in [-0.25, -0.2) is 0 Å². The maximum Gasteiger partial charge on any atom is 0.248 e. The standard InChI is InChI=1S/C39H46N6O10/c1-20-34(49)41-21(2)37(52)43(4)28(17-23-7-12-26(46)13-8-23)36(51)42-22(3)38(53)45(6)32-33(48)25-10-14-27(15-11-25)55-31-19-24(9-16-30(31)47)18-29(35(50)40-20)44(5)39(32)54/h7-16,19-22,28-29,32-33,46-48H,17-18H2,1-6H3,(H,40,50)(H,41,49)(H,42,51)/t20-,21+,22+,28+,29+,32+,33-/m1/s1. The highest BCUT2D eigenvalue weighted by Gasteiger charge is 2.42. The van der Waals surface area contributed by atoms with E-state index >= 15 is 0 Å². The Morgan fingerprint density at radius 2 is 1.25 bits per heavy atom. The number of ether oxygens (including phenoxy) is 1.